The summed E-state index contributed by atoms with van der Waals surface area (Å²) in [5, 5.41) is 3.86. The van der Waals surface area contributed by atoms with Crippen LogP contribution in [0, 0.1) is 0 Å². The Labute approximate surface area is 199 Å². The number of fused-ring (bicyclic) bond motifs is 1. The summed E-state index contributed by atoms with van der Waals surface area (Å²) in [6.07, 6.45) is 2.31. The first-order chi connectivity index (χ1) is 16.1. The van der Waals surface area contributed by atoms with Crippen LogP contribution in [0.1, 0.15) is 50.3 Å². The van der Waals surface area contributed by atoms with Crippen LogP contribution in [0.15, 0.2) is 65.2 Å². The molecule has 2 aliphatic rings. The Morgan fingerprint density at radius 2 is 1.88 bits per heavy atom. The summed E-state index contributed by atoms with van der Waals surface area (Å²) >= 11 is 1.72. The number of carbonyl (C=O) groups is 2. The number of benzene rings is 2. The van der Waals surface area contributed by atoms with Gasteiger partial charge in [-0.05, 0) is 37.5 Å². The number of ether oxygens (including phenoxy) is 1. The van der Waals surface area contributed by atoms with Crippen LogP contribution >= 0.6 is 11.8 Å². The molecule has 33 heavy (non-hydrogen) atoms. The molecular weight excluding hydrogens is 434 g/mol. The van der Waals surface area contributed by atoms with Gasteiger partial charge in [0.15, 0.2) is 5.17 Å². The Kier molecular flexibility index (Phi) is 7.50. The van der Waals surface area contributed by atoms with Crippen LogP contribution in [-0.2, 0) is 14.3 Å². The van der Waals surface area contributed by atoms with E-state index in [1.54, 1.807) is 11.8 Å². The zero-order valence-corrected chi connectivity index (χ0v) is 19.9. The van der Waals surface area contributed by atoms with Crippen molar-refractivity contribution >= 4 is 40.2 Å². The van der Waals surface area contributed by atoms with Gasteiger partial charge < -0.3 is 15.0 Å². The number of anilines is 1. The minimum atomic E-state index is -0.347. The van der Waals surface area contributed by atoms with Gasteiger partial charge >= 0.3 is 5.97 Å². The van der Waals surface area contributed by atoms with E-state index in [2.05, 4.69) is 10.2 Å². The highest BCUT2D eigenvalue weighted by atomic mass is 32.2. The highest BCUT2D eigenvalue weighted by Crippen LogP contribution is 2.43. The molecule has 0 spiro atoms. The number of thioether (sulfide) groups is 1. The first-order valence-electron chi connectivity index (χ1n) is 11.5. The third-order valence-corrected chi connectivity index (χ3v) is 6.67. The van der Waals surface area contributed by atoms with Gasteiger partial charge in [-0.3, -0.25) is 4.79 Å². The van der Waals surface area contributed by atoms with Crippen LogP contribution < -0.4 is 5.32 Å². The molecule has 1 N–H and O–H groups in total. The largest absolute Gasteiger partial charge is 0.463 e. The Balaban J connectivity index is 1.79. The van der Waals surface area contributed by atoms with Crippen LogP contribution in [0.4, 0.5) is 5.69 Å². The summed E-state index contributed by atoms with van der Waals surface area (Å²) in [7, 11) is 0. The summed E-state index contributed by atoms with van der Waals surface area (Å²) in [6, 6.07) is 17.3. The van der Waals surface area contributed by atoms with Crippen molar-refractivity contribution in [3.8, 4) is 0 Å². The van der Waals surface area contributed by atoms with Crippen molar-refractivity contribution in [2.45, 2.75) is 39.2 Å². The molecule has 2 aliphatic heterocycles. The summed E-state index contributed by atoms with van der Waals surface area (Å²) in [5.74, 6) is 0.657. The lowest BCUT2D eigenvalue weighted by atomic mass is 9.91. The number of hydrogen-bond donors (Lipinski definition) is 1. The van der Waals surface area contributed by atoms with Crippen molar-refractivity contribution in [3.63, 3.8) is 0 Å². The van der Waals surface area contributed by atoms with E-state index in [4.69, 9.17) is 9.73 Å². The summed E-state index contributed by atoms with van der Waals surface area (Å²) in [5.41, 5.74) is 3.83. The number of carbonyl (C=O) groups excluding carboxylic acids is 2. The highest BCUT2D eigenvalue weighted by Gasteiger charge is 2.39. The number of rotatable bonds is 7. The maximum absolute atomic E-state index is 13.3. The SMILES string of the molecule is CCCC(=O)Nc1ccc(C2C(C(=O)OCC)=C(c3ccccc3)N=C3SCCCN32)cc1. The van der Waals surface area contributed by atoms with E-state index in [0.29, 0.717) is 24.3 Å². The molecule has 4 rings (SSSR count). The van der Waals surface area contributed by atoms with Crippen molar-refractivity contribution in [1.29, 1.82) is 0 Å². The number of nitrogens with zero attached hydrogens (tertiary/aromatic N) is 2. The molecule has 1 unspecified atom stereocenters. The zero-order valence-electron chi connectivity index (χ0n) is 19.0. The van der Waals surface area contributed by atoms with E-state index >= 15 is 0 Å². The average molecular weight is 464 g/mol. The van der Waals surface area contributed by atoms with Gasteiger partial charge in [-0.25, -0.2) is 9.79 Å². The standard InChI is InChI=1S/C26H29N3O3S/c1-3-9-21(30)27-20-14-12-19(13-15-20)24-22(25(31)32-4-2)23(18-10-6-5-7-11-18)28-26-29(24)16-8-17-33-26/h5-7,10-15,24H,3-4,8-9,16-17H2,1-2H3,(H,27,30). The number of aliphatic imine (C=N–C) groups is 1. The number of amidine groups is 1. The van der Waals surface area contributed by atoms with Gasteiger partial charge in [0.2, 0.25) is 5.91 Å². The molecule has 0 saturated carbocycles. The lowest BCUT2D eigenvalue weighted by molar-refractivity contribution is -0.139. The monoisotopic (exact) mass is 463 g/mol. The van der Waals surface area contributed by atoms with Crippen LogP contribution in [0.5, 0.6) is 0 Å². The predicted molar refractivity (Wildman–Crippen MR) is 134 cm³/mol. The van der Waals surface area contributed by atoms with Gasteiger partial charge in [-0.15, -0.1) is 0 Å². The third-order valence-electron chi connectivity index (χ3n) is 5.60. The lowest BCUT2D eigenvalue weighted by Gasteiger charge is -2.41. The maximum Gasteiger partial charge on any atom is 0.338 e. The van der Waals surface area contributed by atoms with Crippen molar-refractivity contribution in [2.75, 3.05) is 24.2 Å². The quantitative estimate of drug-likeness (QED) is 0.568. The van der Waals surface area contributed by atoms with Crippen LogP contribution in [0.25, 0.3) is 5.70 Å². The second-order valence-corrected chi connectivity index (χ2v) is 9.02. The number of nitrogens with one attached hydrogen (secondary N) is 1. The van der Waals surface area contributed by atoms with Crippen molar-refractivity contribution in [1.82, 2.24) is 4.90 Å². The van der Waals surface area contributed by atoms with Gasteiger partial charge in [-0.2, -0.15) is 0 Å². The van der Waals surface area contributed by atoms with Crippen molar-refractivity contribution in [2.24, 2.45) is 4.99 Å². The summed E-state index contributed by atoms with van der Waals surface area (Å²) < 4.78 is 5.51. The first kappa shape index (κ1) is 23.1. The van der Waals surface area contributed by atoms with E-state index < -0.39 is 0 Å². The summed E-state index contributed by atoms with van der Waals surface area (Å²) in [6.45, 7) is 4.91. The van der Waals surface area contributed by atoms with E-state index in [1.165, 1.54) is 0 Å². The minimum Gasteiger partial charge on any atom is -0.463 e. The van der Waals surface area contributed by atoms with Crippen LogP contribution in [-0.4, -0.2) is 40.8 Å². The normalized spacial score (nSPS) is 17.8. The van der Waals surface area contributed by atoms with E-state index in [9.17, 15) is 9.59 Å². The van der Waals surface area contributed by atoms with Gasteiger partial charge in [0.25, 0.3) is 0 Å². The molecule has 0 aromatic heterocycles. The van der Waals surface area contributed by atoms with Gasteiger partial charge in [0.1, 0.15) is 0 Å². The van der Waals surface area contributed by atoms with E-state index in [1.807, 2.05) is 68.4 Å². The third kappa shape index (κ3) is 5.14. The Morgan fingerprint density at radius 1 is 1.12 bits per heavy atom. The molecule has 1 saturated heterocycles. The van der Waals surface area contributed by atoms with Gasteiger partial charge in [0.05, 0.1) is 23.9 Å². The van der Waals surface area contributed by atoms with Crippen LogP contribution in [0.2, 0.25) is 0 Å². The fraction of sp³-hybridized carbons (Fsp3) is 0.346. The highest BCUT2D eigenvalue weighted by molar-refractivity contribution is 8.13. The first-order valence-corrected chi connectivity index (χ1v) is 12.5. The molecule has 172 valence electrons. The van der Waals surface area contributed by atoms with E-state index in [-0.39, 0.29) is 17.9 Å². The molecule has 0 radical (unpaired) electrons. The van der Waals surface area contributed by atoms with Gasteiger partial charge in [-0.1, -0.05) is 61.2 Å². The Hall–Kier alpha value is -3.06. The van der Waals surface area contributed by atoms with Gasteiger partial charge in [0, 0.05) is 30.0 Å². The smallest absolute Gasteiger partial charge is 0.338 e. The number of amides is 1. The average Bonchev–Trinajstić information content (AvgIpc) is 2.84. The second kappa shape index (κ2) is 10.7. The fourth-order valence-corrected chi connectivity index (χ4v) is 5.11. The molecule has 6 nitrogen and oxygen atoms in total. The molecular formula is C26H29N3O3S. The van der Waals surface area contributed by atoms with Crippen molar-refractivity contribution < 1.29 is 14.3 Å². The van der Waals surface area contributed by atoms with E-state index in [0.717, 1.165) is 47.1 Å². The Morgan fingerprint density at radius 3 is 2.58 bits per heavy atom. The molecule has 7 heteroatoms. The minimum absolute atomic E-state index is 0.00300. The molecule has 0 bridgehead atoms. The number of hydrogen-bond acceptors (Lipinski definition) is 6. The maximum atomic E-state index is 13.3. The molecule has 1 atom stereocenters. The fourth-order valence-electron chi connectivity index (χ4n) is 4.13. The Bertz CT molecular complexity index is 1060. The molecule has 2 aromatic rings. The topological polar surface area (TPSA) is 71.0 Å². The molecule has 2 aromatic carbocycles. The molecule has 1 amide bonds. The number of esters is 1. The second-order valence-electron chi connectivity index (χ2n) is 7.96. The predicted octanol–water partition coefficient (Wildman–Crippen LogP) is 5.25. The summed E-state index contributed by atoms with van der Waals surface area (Å²) in [4.78, 5) is 32.4. The van der Waals surface area contributed by atoms with Crippen molar-refractivity contribution in [3.05, 3.63) is 71.3 Å². The molecule has 1 fully saturated rings. The lowest BCUT2D eigenvalue weighted by Crippen LogP contribution is -2.42. The molecule has 0 aliphatic carbocycles. The molecule has 2 heterocycles. The zero-order chi connectivity index (χ0) is 23.2. The van der Waals surface area contributed by atoms with Crippen LogP contribution in [0.3, 0.4) is 0 Å².